The molecule has 0 bridgehead atoms. The highest BCUT2D eigenvalue weighted by Gasteiger charge is 2.09. The zero-order valence-electron chi connectivity index (χ0n) is 12.7. The third-order valence-electron chi connectivity index (χ3n) is 3.35. The van der Waals surface area contributed by atoms with E-state index in [4.69, 9.17) is 4.74 Å². The molecule has 1 heterocycles. The van der Waals surface area contributed by atoms with Crippen LogP contribution in [0.3, 0.4) is 0 Å². The minimum atomic E-state index is -0.0832. The molecule has 0 fully saturated rings. The van der Waals surface area contributed by atoms with E-state index in [1.807, 2.05) is 39.0 Å². The number of ether oxygens (including phenoxy) is 1. The molecule has 0 aliphatic carbocycles. The van der Waals surface area contributed by atoms with Crippen molar-refractivity contribution in [1.29, 1.82) is 0 Å². The van der Waals surface area contributed by atoms with Crippen molar-refractivity contribution in [1.82, 2.24) is 10.2 Å². The lowest BCUT2D eigenvalue weighted by molar-refractivity contribution is -0.116. The van der Waals surface area contributed by atoms with Gasteiger partial charge in [-0.05, 0) is 31.4 Å². The molecule has 0 radical (unpaired) electrons. The maximum Gasteiger partial charge on any atom is 0.228 e. The Balaban J connectivity index is 1.85. The van der Waals surface area contributed by atoms with Crippen molar-refractivity contribution < 1.29 is 9.53 Å². The quantitative estimate of drug-likeness (QED) is 0.858. The van der Waals surface area contributed by atoms with Gasteiger partial charge in [-0.2, -0.15) is 5.10 Å². The van der Waals surface area contributed by atoms with Crippen molar-refractivity contribution in [3.63, 3.8) is 0 Å². The summed E-state index contributed by atoms with van der Waals surface area (Å²) < 4.78 is 5.73. The predicted octanol–water partition coefficient (Wildman–Crippen LogP) is 3.00. The molecule has 21 heavy (non-hydrogen) atoms. The molecule has 0 unspecified atom stereocenters. The number of benzene rings is 1. The van der Waals surface area contributed by atoms with Crippen LogP contribution >= 0.6 is 0 Å². The Morgan fingerprint density at radius 2 is 2.05 bits per heavy atom. The second-order valence-electron chi connectivity index (χ2n) is 4.99. The molecule has 2 N–H and O–H groups in total. The van der Waals surface area contributed by atoms with Gasteiger partial charge in [0.05, 0.1) is 19.2 Å². The molecule has 1 amide bonds. The molecule has 2 aromatic rings. The highest BCUT2D eigenvalue weighted by molar-refractivity contribution is 5.90. The molecule has 0 saturated carbocycles. The van der Waals surface area contributed by atoms with E-state index in [9.17, 15) is 4.79 Å². The lowest BCUT2D eigenvalue weighted by Gasteiger charge is -2.11. The van der Waals surface area contributed by atoms with Crippen LogP contribution in [0.2, 0.25) is 0 Å². The Morgan fingerprint density at radius 3 is 2.71 bits per heavy atom. The lowest BCUT2D eigenvalue weighted by Crippen LogP contribution is -2.16. The Labute approximate surface area is 124 Å². The zero-order chi connectivity index (χ0) is 15.2. The van der Waals surface area contributed by atoms with Gasteiger partial charge >= 0.3 is 0 Å². The molecule has 0 aliphatic rings. The number of anilines is 1. The molecule has 112 valence electrons. The van der Waals surface area contributed by atoms with Crippen molar-refractivity contribution in [3.8, 4) is 5.75 Å². The van der Waals surface area contributed by atoms with Crippen LogP contribution in [0.1, 0.15) is 30.0 Å². The molecule has 5 heteroatoms. The minimum Gasteiger partial charge on any atom is -0.493 e. The van der Waals surface area contributed by atoms with Crippen molar-refractivity contribution >= 4 is 11.7 Å². The van der Waals surface area contributed by atoms with Crippen molar-refractivity contribution in [2.75, 3.05) is 11.9 Å². The smallest absolute Gasteiger partial charge is 0.228 e. The molecular formula is C16H21N3O2. The van der Waals surface area contributed by atoms with Gasteiger partial charge in [0.15, 0.2) is 0 Å². The van der Waals surface area contributed by atoms with Gasteiger partial charge < -0.3 is 10.1 Å². The van der Waals surface area contributed by atoms with Gasteiger partial charge in [0.2, 0.25) is 5.91 Å². The van der Waals surface area contributed by atoms with Gasteiger partial charge in [-0.15, -0.1) is 0 Å². The van der Waals surface area contributed by atoms with Crippen molar-refractivity contribution in [3.05, 3.63) is 41.1 Å². The molecular weight excluding hydrogens is 266 g/mol. The number of nitrogens with one attached hydrogen (secondary N) is 2. The van der Waals surface area contributed by atoms with Crippen LogP contribution < -0.4 is 10.1 Å². The van der Waals surface area contributed by atoms with Gasteiger partial charge in [0.25, 0.3) is 0 Å². The number of nitrogens with zero attached hydrogens (tertiary/aromatic N) is 1. The third-order valence-corrected chi connectivity index (χ3v) is 3.35. The number of carbonyl (C=O) groups excluding carboxylic acids is 1. The monoisotopic (exact) mass is 287 g/mol. The number of rotatable bonds is 6. The lowest BCUT2D eigenvalue weighted by atomic mass is 10.1. The first-order valence-corrected chi connectivity index (χ1v) is 7.13. The number of carbonyl (C=O) groups is 1. The number of para-hydroxylation sites is 1. The van der Waals surface area contributed by atoms with Gasteiger partial charge in [0.1, 0.15) is 11.6 Å². The highest BCUT2D eigenvalue weighted by Crippen LogP contribution is 2.22. The van der Waals surface area contributed by atoms with E-state index >= 15 is 0 Å². The van der Waals surface area contributed by atoms with Crippen LogP contribution in [0.25, 0.3) is 0 Å². The molecule has 5 nitrogen and oxygen atoms in total. The largest absolute Gasteiger partial charge is 0.493 e. The van der Waals surface area contributed by atoms with E-state index in [0.717, 1.165) is 28.9 Å². The fourth-order valence-corrected chi connectivity index (χ4v) is 2.16. The minimum absolute atomic E-state index is 0.0832. The highest BCUT2D eigenvalue weighted by atomic mass is 16.5. The van der Waals surface area contributed by atoms with E-state index in [0.29, 0.717) is 18.8 Å². The predicted molar refractivity (Wildman–Crippen MR) is 82.6 cm³/mol. The molecule has 1 aromatic carbocycles. The average Bonchev–Trinajstić information content (AvgIpc) is 2.89. The van der Waals surface area contributed by atoms with Gasteiger partial charge in [-0.25, -0.2) is 0 Å². The van der Waals surface area contributed by atoms with E-state index < -0.39 is 0 Å². The summed E-state index contributed by atoms with van der Waals surface area (Å²) in [6, 6.07) is 6.00. The first-order valence-electron chi connectivity index (χ1n) is 7.13. The zero-order valence-corrected chi connectivity index (χ0v) is 12.7. The van der Waals surface area contributed by atoms with Crippen molar-refractivity contribution in [2.24, 2.45) is 0 Å². The molecule has 1 aromatic heterocycles. The van der Waals surface area contributed by atoms with Crippen LogP contribution in [0.4, 0.5) is 5.82 Å². The summed E-state index contributed by atoms with van der Waals surface area (Å²) in [4.78, 5) is 11.9. The Hall–Kier alpha value is -2.30. The summed E-state index contributed by atoms with van der Waals surface area (Å²) in [7, 11) is 0. The summed E-state index contributed by atoms with van der Waals surface area (Å²) in [6.07, 6.45) is 2.85. The van der Waals surface area contributed by atoms with Gasteiger partial charge in [0, 0.05) is 5.56 Å². The molecule has 0 saturated heterocycles. The molecule has 2 rings (SSSR count). The second kappa shape index (κ2) is 6.92. The van der Waals surface area contributed by atoms with E-state index in [1.54, 1.807) is 6.20 Å². The van der Waals surface area contributed by atoms with Crippen LogP contribution in [0.5, 0.6) is 5.75 Å². The van der Waals surface area contributed by atoms with E-state index in [-0.39, 0.29) is 5.91 Å². The molecule has 0 spiro atoms. The Morgan fingerprint density at radius 1 is 1.33 bits per heavy atom. The van der Waals surface area contributed by atoms with Crippen LogP contribution in [0, 0.1) is 13.8 Å². The summed E-state index contributed by atoms with van der Waals surface area (Å²) in [5.41, 5.74) is 3.16. The summed E-state index contributed by atoms with van der Waals surface area (Å²) in [6.45, 7) is 6.37. The maximum absolute atomic E-state index is 11.9. The number of hydrogen-bond acceptors (Lipinski definition) is 3. The standard InChI is InChI=1S/C16H21N3O2/c1-4-13-10-17-19-16(13)18-14(20)8-9-21-15-11(2)6-5-7-12(15)3/h5-7,10H,4,8-9H2,1-3H3,(H2,17,18,19,20). The first kappa shape index (κ1) is 15.1. The summed E-state index contributed by atoms with van der Waals surface area (Å²) in [5, 5.41) is 9.54. The summed E-state index contributed by atoms with van der Waals surface area (Å²) >= 11 is 0. The number of aromatic amines is 1. The summed E-state index contributed by atoms with van der Waals surface area (Å²) in [5.74, 6) is 1.45. The fraction of sp³-hybridized carbons (Fsp3) is 0.375. The van der Waals surface area contributed by atoms with Gasteiger partial charge in [-0.3, -0.25) is 9.89 Å². The van der Waals surface area contributed by atoms with E-state index in [2.05, 4.69) is 15.5 Å². The van der Waals surface area contributed by atoms with Crippen LogP contribution in [-0.4, -0.2) is 22.7 Å². The second-order valence-corrected chi connectivity index (χ2v) is 4.99. The Kier molecular flexibility index (Phi) is 4.98. The number of amides is 1. The molecule has 0 aliphatic heterocycles. The first-order chi connectivity index (χ1) is 10.1. The van der Waals surface area contributed by atoms with E-state index in [1.165, 1.54) is 0 Å². The van der Waals surface area contributed by atoms with Crippen LogP contribution in [-0.2, 0) is 11.2 Å². The van der Waals surface area contributed by atoms with Crippen LogP contribution in [0.15, 0.2) is 24.4 Å². The SMILES string of the molecule is CCc1cn[nH]c1NC(=O)CCOc1c(C)cccc1C. The van der Waals surface area contributed by atoms with Crippen molar-refractivity contribution in [2.45, 2.75) is 33.6 Å². The number of aromatic nitrogens is 2. The number of hydrogen-bond donors (Lipinski definition) is 2. The maximum atomic E-state index is 11.9. The Bertz CT molecular complexity index is 599. The fourth-order valence-electron chi connectivity index (χ4n) is 2.16. The third kappa shape index (κ3) is 3.84. The number of H-pyrrole nitrogens is 1. The number of aryl methyl sites for hydroxylation is 3. The molecule has 0 atom stereocenters. The van der Waals surface area contributed by atoms with Gasteiger partial charge in [-0.1, -0.05) is 25.1 Å². The topological polar surface area (TPSA) is 67.0 Å². The average molecular weight is 287 g/mol. The normalized spacial score (nSPS) is 10.4.